The number of nitrogens with two attached hydrogens (primary N) is 4. The van der Waals surface area contributed by atoms with Crippen molar-refractivity contribution in [2.45, 2.75) is 203 Å². The number of rotatable bonds is 28. The second kappa shape index (κ2) is 40.6. The van der Waals surface area contributed by atoms with Crippen LogP contribution in [0.2, 0.25) is 0 Å². The van der Waals surface area contributed by atoms with E-state index in [1.165, 1.54) is 6.92 Å². The molecule has 22 N–H and O–H groups in total. The van der Waals surface area contributed by atoms with Gasteiger partial charge in [0, 0.05) is 0 Å². The van der Waals surface area contributed by atoms with Crippen LogP contribution >= 0.6 is 11.6 Å². The summed E-state index contributed by atoms with van der Waals surface area (Å²) in [6, 6.07) is -15.7. The molecule has 0 bridgehead atoms. The summed E-state index contributed by atoms with van der Waals surface area (Å²) in [5.41, 5.74) is 21.9. The Morgan fingerprint density at radius 1 is 0.639 bits per heavy atom. The number of aliphatic hydroxyl groups is 4. The van der Waals surface area contributed by atoms with Crippen LogP contribution < -0.4 is 70.8 Å². The first kappa shape index (κ1) is 74.4. The summed E-state index contributed by atoms with van der Waals surface area (Å²) in [6.45, 7) is 2.66. The van der Waals surface area contributed by atoms with Crippen molar-refractivity contribution in [3.05, 3.63) is 11.8 Å². The molecule has 0 aromatic rings. The normalized spacial score (nSPS) is 24.5. The molecule has 32 heteroatoms. The van der Waals surface area contributed by atoms with Crippen LogP contribution in [0.4, 0.5) is 0 Å². The van der Waals surface area contributed by atoms with E-state index in [0.717, 1.165) is 64.4 Å². The molecule has 0 aliphatic carbocycles. The lowest BCUT2D eigenvalue weighted by atomic mass is 10.0. The Morgan fingerprint density at radius 3 is 1.66 bits per heavy atom. The summed E-state index contributed by atoms with van der Waals surface area (Å²) < 4.78 is 5.35. The van der Waals surface area contributed by atoms with Gasteiger partial charge >= 0.3 is 11.9 Å². The number of carboxylic acid groups (broad SMARTS) is 1. The van der Waals surface area contributed by atoms with Gasteiger partial charge < -0.3 is 101 Å². The number of carbonyl (C=O) groups excluding carboxylic acids is 11. The first-order valence-electron chi connectivity index (χ1n) is 27.8. The number of nitrogens with one attached hydrogen (secondary N) is 9. The van der Waals surface area contributed by atoms with Crippen LogP contribution in [0.1, 0.15) is 130 Å². The van der Waals surface area contributed by atoms with Crippen LogP contribution in [0.3, 0.4) is 0 Å². The van der Waals surface area contributed by atoms with E-state index >= 15 is 0 Å². The molecule has 83 heavy (non-hydrogen) atoms. The molecule has 1 fully saturated rings. The van der Waals surface area contributed by atoms with E-state index in [4.69, 9.17) is 39.3 Å². The van der Waals surface area contributed by atoms with Gasteiger partial charge in [-0.2, -0.15) is 0 Å². The minimum atomic E-state index is -2.75. The molecular formula is C51H88ClN13O18. The van der Waals surface area contributed by atoms with Crippen molar-refractivity contribution in [2.24, 2.45) is 22.9 Å². The molecule has 10 amide bonds. The quantitative estimate of drug-likeness (QED) is 0.0150. The second-order valence-corrected chi connectivity index (χ2v) is 20.2. The number of alkyl halides is 1. The molecule has 31 nitrogen and oxygen atoms in total. The van der Waals surface area contributed by atoms with E-state index in [2.05, 4.69) is 49.5 Å². The SMILES string of the molecule is C/C=C1/NC(=O)C([C@H](C)O)NC(=O)[C@H](CCN)NC(=O)C([C@H](O)C(=O)O)NC(=O)C(CCCCN)NC(=O)[C@H](CC(N)=O)NC(=O)C(CCN)NC(=O)C(NC(=O)C[C@H](O)CCCCCCCCCCC)COC(=O)C([C@H](O)CCl)NC1=O. The van der Waals surface area contributed by atoms with Crippen molar-refractivity contribution >= 4 is 82.6 Å². The van der Waals surface area contributed by atoms with E-state index in [-0.39, 0.29) is 45.3 Å². The van der Waals surface area contributed by atoms with Crippen molar-refractivity contribution in [1.29, 1.82) is 0 Å². The summed E-state index contributed by atoms with van der Waals surface area (Å²) >= 11 is 5.90. The topological polar surface area (TPSA) is 528 Å². The van der Waals surface area contributed by atoms with Gasteiger partial charge in [0.25, 0.3) is 5.91 Å². The highest BCUT2D eigenvalue weighted by Gasteiger charge is 2.40. The van der Waals surface area contributed by atoms with Gasteiger partial charge in [-0.15, -0.1) is 11.6 Å². The number of hydrogen-bond donors (Lipinski definition) is 18. The molecule has 6 unspecified atom stereocenters. The van der Waals surface area contributed by atoms with Crippen molar-refractivity contribution in [2.75, 3.05) is 32.1 Å². The maximum Gasteiger partial charge on any atom is 0.335 e. The molecule has 0 radical (unpaired) electrons. The van der Waals surface area contributed by atoms with Crippen molar-refractivity contribution < 1.29 is 87.8 Å². The van der Waals surface area contributed by atoms with Gasteiger partial charge in [-0.25, -0.2) is 9.59 Å². The minimum absolute atomic E-state index is 0.0691. The Hall–Kier alpha value is -6.61. The molecule has 1 saturated heterocycles. The molecule has 472 valence electrons. The number of allylic oxidation sites excluding steroid dienone is 1. The monoisotopic (exact) mass is 1210 g/mol. The molecule has 1 aliphatic rings. The predicted octanol–water partition coefficient (Wildman–Crippen LogP) is -5.76. The van der Waals surface area contributed by atoms with E-state index in [0.29, 0.717) is 6.42 Å². The Labute approximate surface area is 486 Å². The van der Waals surface area contributed by atoms with Crippen LogP contribution in [0, 0.1) is 0 Å². The minimum Gasteiger partial charge on any atom is -0.479 e. The van der Waals surface area contributed by atoms with E-state index in [1.807, 2.05) is 5.32 Å². The lowest BCUT2D eigenvalue weighted by Crippen LogP contribution is -2.63. The molecule has 1 aliphatic heterocycles. The highest BCUT2D eigenvalue weighted by atomic mass is 35.5. The van der Waals surface area contributed by atoms with Gasteiger partial charge in [-0.05, 0) is 72.0 Å². The van der Waals surface area contributed by atoms with Crippen LogP contribution in [-0.2, 0) is 62.3 Å². The summed E-state index contributed by atoms with van der Waals surface area (Å²) in [5.74, 6) is -16.9. The van der Waals surface area contributed by atoms with E-state index < -0.39 is 188 Å². The Balaban J connectivity index is 3.99. The first-order chi connectivity index (χ1) is 39.3. The largest absolute Gasteiger partial charge is 0.479 e. The lowest BCUT2D eigenvalue weighted by molar-refractivity contribution is -0.153. The number of carbonyl (C=O) groups is 12. The summed E-state index contributed by atoms with van der Waals surface area (Å²) in [7, 11) is 0. The number of primary amides is 1. The molecule has 1 heterocycles. The maximum atomic E-state index is 14.2. The fourth-order valence-electron chi connectivity index (χ4n) is 8.25. The zero-order valence-electron chi connectivity index (χ0n) is 47.3. The van der Waals surface area contributed by atoms with Crippen LogP contribution in [-0.4, -0.2) is 201 Å². The Kier molecular flexibility index (Phi) is 36.4. The van der Waals surface area contributed by atoms with Gasteiger partial charge in [-0.3, -0.25) is 47.9 Å². The van der Waals surface area contributed by atoms with Gasteiger partial charge in [0.05, 0.1) is 37.0 Å². The number of ether oxygens (including phenoxy) is 1. The Bertz CT molecular complexity index is 2190. The van der Waals surface area contributed by atoms with Crippen molar-refractivity contribution in [1.82, 2.24) is 47.9 Å². The highest BCUT2D eigenvalue weighted by Crippen LogP contribution is 2.14. The number of unbranched alkanes of at least 4 members (excludes halogenated alkanes) is 9. The number of aliphatic carboxylic acids is 1. The van der Waals surface area contributed by atoms with Crippen molar-refractivity contribution in [3.63, 3.8) is 0 Å². The average Bonchev–Trinajstić information content (AvgIpc) is 3.51. The third-order valence-corrected chi connectivity index (χ3v) is 13.3. The Morgan fingerprint density at radius 2 is 1.14 bits per heavy atom. The average molecular weight is 1210 g/mol. The highest BCUT2D eigenvalue weighted by molar-refractivity contribution is 6.18. The molecule has 0 aromatic heterocycles. The molecule has 0 spiro atoms. The van der Waals surface area contributed by atoms with Gasteiger partial charge in [0.15, 0.2) is 12.1 Å². The molecular weight excluding hydrogens is 1120 g/mol. The number of halogens is 1. The summed E-state index contributed by atoms with van der Waals surface area (Å²) in [4.78, 5) is 163. The van der Waals surface area contributed by atoms with Gasteiger partial charge in [0.1, 0.15) is 54.6 Å². The summed E-state index contributed by atoms with van der Waals surface area (Å²) in [6.07, 6.45) is -0.0155. The van der Waals surface area contributed by atoms with Crippen LogP contribution in [0.25, 0.3) is 0 Å². The van der Waals surface area contributed by atoms with Crippen LogP contribution in [0.15, 0.2) is 11.8 Å². The fraction of sp³-hybridized carbons (Fsp3) is 0.725. The predicted molar refractivity (Wildman–Crippen MR) is 297 cm³/mol. The smallest absolute Gasteiger partial charge is 0.335 e. The zero-order chi connectivity index (χ0) is 62.8. The van der Waals surface area contributed by atoms with Gasteiger partial charge in [0.2, 0.25) is 53.2 Å². The number of carboxylic acids is 1. The maximum absolute atomic E-state index is 14.2. The van der Waals surface area contributed by atoms with Crippen molar-refractivity contribution in [3.8, 4) is 0 Å². The molecule has 12 atom stereocenters. The lowest BCUT2D eigenvalue weighted by Gasteiger charge is -2.29. The first-order valence-corrected chi connectivity index (χ1v) is 28.3. The molecule has 0 saturated carbocycles. The number of hydrogen-bond acceptors (Lipinski definition) is 20. The zero-order valence-corrected chi connectivity index (χ0v) is 48.0. The number of amides is 10. The van der Waals surface area contributed by atoms with E-state index in [9.17, 15) is 83.1 Å². The van der Waals surface area contributed by atoms with E-state index in [1.54, 1.807) is 0 Å². The summed E-state index contributed by atoms with van der Waals surface area (Å²) in [5, 5.41) is 72.6. The number of esters is 1. The van der Waals surface area contributed by atoms with Gasteiger partial charge in [-0.1, -0.05) is 70.8 Å². The second-order valence-electron chi connectivity index (χ2n) is 19.9. The number of aliphatic hydroxyl groups excluding tert-OH is 4. The molecule has 1 rings (SSSR count). The third kappa shape index (κ3) is 28.0. The fourth-order valence-corrected chi connectivity index (χ4v) is 8.43. The standard InChI is InChI=1S/C51H88ClN13O18/c1-4-6-7-8-9-10-11-12-13-16-28(67)23-37(70)57-34-26-83-51(82)39(35(68)25-52)64-42(72)29(5-2)58-48(78)38(27(3)66)63-45(75)32(19-22-55)61-49(79)40(41(71)50(80)81)65-44(74)30(17-14-15-20-53)59-46(76)33(24-36(56)69)62-43(73)31(18-21-54)60-47(34)77/h5,27-28,30-35,38-41,66-68,71H,4,6-26,53-55H2,1-3H3,(H2,56,69)(H,57,70)(H,58,78)(H,59,76)(H,60,77)(H,61,79)(H,62,73)(H,63,75)(H,64,72)(H,65,74)(H,80,81)/b29-5+/t27-,28+,30?,31?,32-,33-,34?,35+,38?,39?,40?,41-/m0/s1. The number of cyclic esters (lactones) is 1. The van der Waals surface area contributed by atoms with Crippen LogP contribution in [0.5, 0.6) is 0 Å². The third-order valence-electron chi connectivity index (χ3n) is 13.0. The molecule has 0 aromatic carbocycles.